The lowest BCUT2D eigenvalue weighted by Gasteiger charge is -2.04. The molecule has 0 saturated heterocycles. The second-order valence-electron chi connectivity index (χ2n) is 2.00. The van der Waals surface area contributed by atoms with E-state index in [0.717, 1.165) is 4.90 Å². The van der Waals surface area contributed by atoms with E-state index in [4.69, 9.17) is 0 Å². The number of thiophene rings is 1. The summed E-state index contributed by atoms with van der Waals surface area (Å²) in [5, 5.41) is 1.80. The van der Waals surface area contributed by atoms with Gasteiger partial charge < -0.3 is 0 Å². The van der Waals surface area contributed by atoms with E-state index in [0.29, 0.717) is 11.3 Å². The van der Waals surface area contributed by atoms with Crippen LogP contribution in [0.4, 0.5) is 0 Å². The van der Waals surface area contributed by atoms with Gasteiger partial charge in [-0.2, -0.15) is 0 Å². The van der Waals surface area contributed by atoms with Crippen LogP contribution in [0.25, 0.3) is 0 Å². The molecular formula is C7H7NO2S. The monoisotopic (exact) mass is 169 g/mol. The number of imide groups is 1. The summed E-state index contributed by atoms with van der Waals surface area (Å²) >= 11 is 1.32. The summed E-state index contributed by atoms with van der Waals surface area (Å²) in [5.74, 6) is -0.255. The van der Waals surface area contributed by atoms with Gasteiger partial charge >= 0.3 is 0 Å². The summed E-state index contributed by atoms with van der Waals surface area (Å²) < 4.78 is 0. The van der Waals surface area contributed by atoms with Gasteiger partial charge in [0.2, 0.25) is 6.41 Å². The predicted octanol–water partition coefficient (Wildman–Crippen LogP) is 0.977. The first-order valence-corrected chi connectivity index (χ1v) is 3.89. The highest BCUT2D eigenvalue weighted by Gasteiger charge is 2.10. The third-order valence-corrected chi connectivity index (χ3v) is 2.07. The molecule has 11 heavy (non-hydrogen) atoms. The third-order valence-electron chi connectivity index (χ3n) is 1.21. The van der Waals surface area contributed by atoms with Gasteiger partial charge in [-0.25, -0.2) is 0 Å². The quantitative estimate of drug-likeness (QED) is 0.619. The van der Waals surface area contributed by atoms with Crippen molar-refractivity contribution in [2.75, 3.05) is 7.05 Å². The molecule has 0 aromatic carbocycles. The zero-order valence-corrected chi connectivity index (χ0v) is 6.80. The lowest BCUT2D eigenvalue weighted by molar-refractivity contribution is -0.115. The van der Waals surface area contributed by atoms with Gasteiger partial charge in [0.25, 0.3) is 5.91 Å². The van der Waals surface area contributed by atoms with E-state index in [1.165, 1.54) is 18.4 Å². The molecule has 0 radical (unpaired) electrons. The Bertz CT molecular complexity index is 255. The maximum absolute atomic E-state index is 11.1. The van der Waals surface area contributed by atoms with Crippen LogP contribution in [0.5, 0.6) is 0 Å². The van der Waals surface area contributed by atoms with E-state index in [-0.39, 0.29) is 5.91 Å². The van der Waals surface area contributed by atoms with Crippen molar-refractivity contribution in [3.8, 4) is 0 Å². The molecule has 1 heterocycles. The fraction of sp³-hybridized carbons (Fsp3) is 0.143. The van der Waals surface area contributed by atoms with Crippen molar-refractivity contribution in [2.45, 2.75) is 0 Å². The second kappa shape index (κ2) is 3.30. The van der Waals surface area contributed by atoms with Crippen molar-refractivity contribution in [3.05, 3.63) is 22.4 Å². The molecule has 0 fully saturated rings. The normalized spacial score (nSPS) is 9.18. The molecule has 58 valence electrons. The average Bonchev–Trinajstić information content (AvgIpc) is 2.53. The van der Waals surface area contributed by atoms with Gasteiger partial charge in [-0.15, -0.1) is 11.3 Å². The smallest absolute Gasteiger partial charge is 0.270 e. The van der Waals surface area contributed by atoms with Crippen LogP contribution in [-0.2, 0) is 4.79 Å². The van der Waals surface area contributed by atoms with Crippen LogP contribution < -0.4 is 0 Å². The molecule has 0 N–H and O–H groups in total. The highest BCUT2D eigenvalue weighted by atomic mass is 32.1. The molecule has 2 amide bonds. The fourth-order valence-corrected chi connectivity index (χ4v) is 1.33. The SMILES string of the molecule is CN(C=O)C(=O)c1cccs1. The average molecular weight is 169 g/mol. The number of amides is 2. The Kier molecular flexibility index (Phi) is 2.38. The highest BCUT2D eigenvalue weighted by Crippen LogP contribution is 2.09. The summed E-state index contributed by atoms with van der Waals surface area (Å²) in [6, 6.07) is 3.46. The van der Waals surface area contributed by atoms with Crippen molar-refractivity contribution >= 4 is 23.7 Å². The largest absolute Gasteiger partial charge is 0.284 e. The molecule has 0 saturated carbocycles. The highest BCUT2D eigenvalue weighted by molar-refractivity contribution is 7.12. The number of hydrogen-bond donors (Lipinski definition) is 0. The van der Waals surface area contributed by atoms with E-state index in [2.05, 4.69) is 0 Å². The molecule has 4 heteroatoms. The molecule has 0 aliphatic heterocycles. The molecule has 3 nitrogen and oxygen atoms in total. The van der Waals surface area contributed by atoms with Crippen LogP contribution in [0.3, 0.4) is 0 Å². The number of nitrogens with zero attached hydrogens (tertiary/aromatic N) is 1. The summed E-state index contributed by atoms with van der Waals surface area (Å²) in [4.78, 5) is 22.9. The van der Waals surface area contributed by atoms with Crippen molar-refractivity contribution in [2.24, 2.45) is 0 Å². The van der Waals surface area contributed by atoms with E-state index in [1.54, 1.807) is 17.5 Å². The van der Waals surface area contributed by atoms with Crippen molar-refractivity contribution in [1.29, 1.82) is 0 Å². The maximum atomic E-state index is 11.1. The Balaban J connectivity index is 2.78. The Morgan fingerprint density at radius 1 is 1.73 bits per heavy atom. The first kappa shape index (κ1) is 7.94. The van der Waals surface area contributed by atoms with Gasteiger partial charge in [-0.1, -0.05) is 6.07 Å². The summed E-state index contributed by atoms with van der Waals surface area (Å²) in [6.07, 6.45) is 0.502. The van der Waals surface area contributed by atoms with Crippen molar-refractivity contribution < 1.29 is 9.59 Å². The number of carbonyl (C=O) groups excluding carboxylic acids is 2. The summed E-state index contributed by atoms with van der Waals surface area (Å²) in [5.41, 5.74) is 0. The predicted molar refractivity (Wildman–Crippen MR) is 42.5 cm³/mol. The van der Waals surface area contributed by atoms with Crippen LogP contribution in [0, 0.1) is 0 Å². The molecule has 0 spiro atoms. The van der Waals surface area contributed by atoms with Crippen LogP contribution in [-0.4, -0.2) is 24.3 Å². The van der Waals surface area contributed by atoms with Gasteiger partial charge in [0, 0.05) is 7.05 Å². The Morgan fingerprint density at radius 2 is 2.45 bits per heavy atom. The van der Waals surface area contributed by atoms with Crippen LogP contribution >= 0.6 is 11.3 Å². The van der Waals surface area contributed by atoms with Gasteiger partial charge in [0.05, 0.1) is 4.88 Å². The first-order valence-electron chi connectivity index (χ1n) is 3.01. The molecular weight excluding hydrogens is 162 g/mol. The van der Waals surface area contributed by atoms with E-state index in [9.17, 15) is 9.59 Å². The third kappa shape index (κ3) is 1.65. The molecule has 0 unspecified atom stereocenters. The standard InChI is InChI=1S/C7H7NO2S/c1-8(5-9)7(10)6-3-2-4-11-6/h2-5H,1H3. The molecule has 1 rings (SSSR count). The minimum absolute atomic E-state index is 0.255. The first-order chi connectivity index (χ1) is 5.25. The Labute approximate surface area is 68.2 Å². The lowest BCUT2D eigenvalue weighted by Crippen LogP contribution is -2.23. The fourth-order valence-electron chi connectivity index (χ4n) is 0.622. The number of rotatable bonds is 2. The van der Waals surface area contributed by atoms with Crippen molar-refractivity contribution in [1.82, 2.24) is 4.90 Å². The maximum Gasteiger partial charge on any atom is 0.270 e. The molecule has 0 atom stereocenters. The van der Waals surface area contributed by atoms with E-state index >= 15 is 0 Å². The number of hydrogen-bond acceptors (Lipinski definition) is 3. The zero-order valence-electron chi connectivity index (χ0n) is 5.98. The van der Waals surface area contributed by atoms with Crippen LogP contribution in [0.1, 0.15) is 9.67 Å². The van der Waals surface area contributed by atoms with Gasteiger partial charge in [0.1, 0.15) is 0 Å². The Hall–Kier alpha value is -1.16. The van der Waals surface area contributed by atoms with Crippen molar-refractivity contribution in [3.63, 3.8) is 0 Å². The minimum atomic E-state index is -0.255. The molecule has 0 bridgehead atoms. The van der Waals surface area contributed by atoms with Crippen LogP contribution in [0.15, 0.2) is 17.5 Å². The summed E-state index contributed by atoms with van der Waals surface area (Å²) in [7, 11) is 1.44. The number of carbonyl (C=O) groups is 2. The topological polar surface area (TPSA) is 37.4 Å². The second-order valence-corrected chi connectivity index (χ2v) is 2.95. The molecule has 1 aromatic heterocycles. The van der Waals surface area contributed by atoms with Gasteiger partial charge in [0.15, 0.2) is 0 Å². The molecule has 0 aliphatic carbocycles. The van der Waals surface area contributed by atoms with Crippen LogP contribution in [0.2, 0.25) is 0 Å². The zero-order chi connectivity index (χ0) is 8.27. The van der Waals surface area contributed by atoms with E-state index < -0.39 is 0 Å². The molecule has 1 aromatic rings. The van der Waals surface area contributed by atoms with E-state index in [1.807, 2.05) is 0 Å². The van der Waals surface area contributed by atoms with Gasteiger partial charge in [-0.3, -0.25) is 14.5 Å². The molecule has 0 aliphatic rings. The minimum Gasteiger partial charge on any atom is -0.284 e. The summed E-state index contributed by atoms with van der Waals surface area (Å²) in [6.45, 7) is 0. The lowest BCUT2D eigenvalue weighted by atomic mass is 10.4. The Morgan fingerprint density at radius 3 is 2.91 bits per heavy atom. The van der Waals surface area contributed by atoms with Gasteiger partial charge in [-0.05, 0) is 11.4 Å².